The number of fused-ring (bicyclic) bond motifs is 1. The quantitative estimate of drug-likeness (QED) is 0.786. The van der Waals surface area contributed by atoms with E-state index in [9.17, 15) is 14.4 Å². The molecule has 29 heavy (non-hydrogen) atoms. The van der Waals surface area contributed by atoms with Crippen LogP contribution in [0.25, 0.3) is 0 Å². The average Bonchev–Trinajstić information content (AvgIpc) is 2.93. The summed E-state index contributed by atoms with van der Waals surface area (Å²) < 4.78 is 0. The lowest BCUT2D eigenvalue weighted by Gasteiger charge is -2.23. The van der Waals surface area contributed by atoms with Crippen LogP contribution >= 0.6 is 0 Å². The number of carboxylic acid groups (broad SMARTS) is 1. The molecule has 6 nitrogen and oxygen atoms in total. The Morgan fingerprint density at radius 3 is 2.62 bits per heavy atom. The summed E-state index contributed by atoms with van der Waals surface area (Å²) >= 11 is 0. The Labute approximate surface area is 170 Å². The van der Waals surface area contributed by atoms with Gasteiger partial charge in [-0.25, -0.2) is 0 Å². The van der Waals surface area contributed by atoms with Crippen molar-refractivity contribution in [1.82, 2.24) is 5.32 Å². The molecule has 2 N–H and O–H groups in total. The minimum atomic E-state index is -0.991. The Morgan fingerprint density at radius 1 is 1.07 bits per heavy atom. The average molecular weight is 394 g/mol. The maximum Gasteiger partial charge on any atom is 0.303 e. The van der Waals surface area contributed by atoms with Crippen molar-refractivity contribution in [2.24, 2.45) is 0 Å². The minimum Gasteiger partial charge on any atom is -0.481 e. The molecule has 1 heterocycles. The van der Waals surface area contributed by atoms with E-state index in [1.54, 1.807) is 6.07 Å². The van der Waals surface area contributed by atoms with Crippen LogP contribution in [0.15, 0.2) is 42.5 Å². The van der Waals surface area contributed by atoms with Gasteiger partial charge in [0.05, 0.1) is 6.42 Å². The van der Waals surface area contributed by atoms with Crippen molar-refractivity contribution < 1.29 is 19.5 Å². The van der Waals surface area contributed by atoms with Gasteiger partial charge in [-0.05, 0) is 61.1 Å². The van der Waals surface area contributed by atoms with Crippen molar-refractivity contribution in [3.05, 3.63) is 64.7 Å². The summed E-state index contributed by atoms with van der Waals surface area (Å²) in [6, 6.07) is 13.6. The van der Waals surface area contributed by atoms with Crippen LogP contribution in [0, 0.1) is 6.92 Å². The molecule has 0 aromatic heterocycles. The zero-order valence-corrected chi connectivity index (χ0v) is 16.6. The highest BCUT2D eigenvalue weighted by Crippen LogP contribution is 2.28. The second-order valence-electron chi connectivity index (χ2n) is 7.35. The van der Waals surface area contributed by atoms with Gasteiger partial charge in [0.15, 0.2) is 0 Å². The highest BCUT2D eigenvalue weighted by Gasteiger charge is 2.22. The number of aliphatic carboxylic acids is 1. The Bertz CT molecular complexity index is 923. The molecule has 1 aliphatic rings. The van der Waals surface area contributed by atoms with Gasteiger partial charge in [0.25, 0.3) is 5.91 Å². The third-order valence-corrected chi connectivity index (χ3v) is 5.24. The number of carbonyl (C=O) groups is 3. The molecule has 0 aliphatic carbocycles. The number of benzene rings is 2. The highest BCUT2D eigenvalue weighted by molar-refractivity contribution is 6.06. The molecule has 0 spiro atoms. The van der Waals surface area contributed by atoms with Gasteiger partial charge < -0.3 is 15.3 Å². The predicted octanol–water partition coefficient (Wildman–Crippen LogP) is 3.46. The number of rotatable bonds is 6. The van der Waals surface area contributed by atoms with Gasteiger partial charge in [0.2, 0.25) is 5.91 Å². The summed E-state index contributed by atoms with van der Waals surface area (Å²) in [5.41, 5.74) is 4.64. The van der Waals surface area contributed by atoms with Crippen LogP contribution in [-0.2, 0) is 22.6 Å². The van der Waals surface area contributed by atoms with Gasteiger partial charge in [-0.2, -0.15) is 0 Å². The first-order chi connectivity index (χ1) is 14.0. The van der Waals surface area contributed by atoms with Crippen molar-refractivity contribution in [1.29, 1.82) is 0 Å². The number of carboxylic acids is 1. The topological polar surface area (TPSA) is 86.7 Å². The van der Waals surface area contributed by atoms with Crippen molar-refractivity contribution in [2.45, 2.75) is 45.6 Å². The fourth-order valence-corrected chi connectivity index (χ4v) is 3.59. The SMILES string of the molecule is Cc1cc(C(=O)N2CCCCc3ccccc32)ccc1CNC(=O)CCC(=O)O. The van der Waals surface area contributed by atoms with Crippen LogP contribution in [0.2, 0.25) is 0 Å². The van der Waals surface area contributed by atoms with Crippen molar-refractivity contribution in [2.75, 3.05) is 11.4 Å². The van der Waals surface area contributed by atoms with E-state index in [4.69, 9.17) is 5.11 Å². The van der Waals surface area contributed by atoms with E-state index in [0.29, 0.717) is 18.7 Å². The third-order valence-electron chi connectivity index (χ3n) is 5.24. The largest absolute Gasteiger partial charge is 0.481 e. The first kappa shape index (κ1) is 20.6. The number of hydrogen-bond acceptors (Lipinski definition) is 3. The lowest BCUT2D eigenvalue weighted by atomic mass is 10.0. The van der Waals surface area contributed by atoms with Crippen LogP contribution in [0.5, 0.6) is 0 Å². The van der Waals surface area contributed by atoms with Gasteiger partial charge >= 0.3 is 5.97 Å². The smallest absolute Gasteiger partial charge is 0.303 e. The number of anilines is 1. The summed E-state index contributed by atoms with van der Waals surface area (Å²) in [4.78, 5) is 37.3. The van der Waals surface area contributed by atoms with Crippen LogP contribution in [0.1, 0.15) is 52.7 Å². The van der Waals surface area contributed by atoms with Gasteiger partial charge in [-0.1, -0.05) is 24.3 Å². The summed E-state index contributed by atoms with van der Waals surface area (Å²) in [6.07, 6.45) is 2.80. The Hall–Kier alpha value is -3.15. The molecule has 0 unspecified atom stereocenters. The number of nitrogens with one attached hydrogen (secondary N) is 1. The van der Waals surface area contributed by atoms with E-state index in [0.717, 1.165) is 36.1 Å². The summed E-state index contributed by atoms with van der Waals surface area (Å²) in [7, 11) is 0. The maximum absolute atomic E-state index is 13.2. The number of hydrogen-bond donors (Lipinski definition) is 2. The second-order valence-corrected chi connectivity index (χ2v) is 7.35. The molecule has 3 rings (SSSR count). The molecule has 0 radical (unpaired) electrons. The Kier molecular flexibility index (Phi) is 6.65. The Balaban J connectivity index is 1.70. The van der Waals surface area contributed by atoms with Gasteiger partial charge in [-0.15, -0.1) is 0 Å². The lowest BCUT2D eigenvalue weighted by molar-refractivity contribution is -0.138. The minimum absolute atomic E-state index is 0.0144. The monoisotopic (exact) mass is 394 g/mol. The molecule has 0 bridgehead atoms. The standard InChI is InChI=1S/C23H26N2O4/c1-16-14-18(9-10-19(16)15-24-21(26)11-12-22(27)28)23(29)25-13-5-4-7-17-6-2-3-8-20(17)25/h2-3,6,8-10,14H,4-5,7,11-13,15H2,1H3,(H,24,26)(H,27,28). The van der Waals surface area contributed by atoms with Crippen LogP contribution in [0.4, 0.5) is 5.69 Å². The van der Waals surface area contributed by atoms with Gasteiger partial charge in [-0.3, -0.25) is 14.4 Å². The molecule has 2 aromatic carbocycles. The molecular formula is C23H26N2O4. The van der Waals surface area contributed by atoms with Gasteiger partial charge in [0.1, 0.15) is 0 Å². The fourth-order valence-electron chi connectivity index (χ4n) is 3.59. The fraction of sp³-hybridized carbons (Fsp3) is 0.348. The molecule has 0 atom stereocenters. The predicted molar refractivity (Wildman–Crippen MR) is 111 cm³/mol. The molecule has 0 saturated carbocycles. The van der Waals surface area contributed by atoms with E-state index in [1.807, 2.05) is 42.2 Å². The maximum atomic E-state index is 13.2. The molecule has 2 amide bonds. The molecular weight excluding hydrogens is 368 g/mol. The molecule has 152 valence electrons. The summed E-state index contributed by atoms with van der Waals surface area (Å²) in [6.45, 7) is 2.92. The second kappa shape index (κ2) is 9.37. The van der Waals surface area contributed by atoms with Crippen LogP contribution in [-0.4, -0.2) is 29.4 Å². The van der Waals surface area contributed by atoms with Crippen molar-refractivity contribution >= 4 is 23.5 Å². The third kappa shape index (κ3) is 5.22. The van der Waals surface area contributed by atoms with Crippen molar-refractivity contribution in [3.8, 4) is 0 Å². The number of nitrogens with zero attached hydrogens (tertiary/aromatic N) is 1. The molecule has 6 heteroatoms. The molecule has 2 aromatic rings. The zero-order valence-electron chi connectivity index (χ0n) is 16.6. The summed E-state index contributed by atoms with van der Waals surface area (Å²) in [5, 5.41) is 11.4. The van der Waals surface area contributed by atoms with Crippen LogP contribution < -0.4 is 10.2 Å². The van der Waals surface area contributed by atoms with Crippen LogP contribution in [0.3, 0.4) is 0 Å². The lowest BCUT2D eigenvalue weighted by Crippen LogP contribution is -2.32. The Morgan fingerprint density at radius 2 is 1.86 bits per heavy atom. The normalized spacial score (nSPS) is 13.3. The molecule has 1 aliphatic heterocycles. The van der Waals surface area contributed by atoms with E-state index in [1.165, 1.54) is 5.56 Å². The highest BCUT2D eigenvalue weighted by atomic mass is 16.4. The first-order valence-corrected chi connectivity index (χ1v) is 9.93. The van der Waals surface area contributed by atoms with Crippen molar-refractivity contribution in [3.63, 3.8) is 0 Å². The van der Waals surface area contributed by atoms with E-state index < -0.39 is 5.97 Å². The van der Waals surface area contributed by atoms with E-state index in [2.05, 4.69) is 11.4 Å². The zero-order chi connectivity index (χ0) is 20.8. The summed E-state index contributed by atoms with van der Waals surface area (Å²) in [5.74, 6) is -1.30. The number of amides is 2. The number of carbonyl (C=O) groups excluding carboxylic acids is 2. The molecule has 0 fully saturated rings. The van der Waals surface area contributed by atoms with E-state index >= 15 is 0 Å². The number of aryl methyl sites for hydroxylation is 2. The first-order valence-electron chi connectivity index (χ1n) is 9.93. The van der Waals surface area contributed by atoms with Gasteiger partial charge in [0, 0.05) is 30.8 Å². The number of para-hydroxylation sites is 1. The molecule has 0 saturated heterocycles. The van der Waals surface area contributed by atoms with E-state index in [-0.39, 0.29) is 24.7 Å².